The van der Waals surface area contributed by atoms with Crippen molar-refractivity contribution in [2.75, 3.05) is 20.1 Å². The van der Waals surface area contributed by atoms with Crippen LogP contribution in [0.3, 0.4) is 0 Å². The molecule has 0 saturated heterocycles. The molecule has 2 aromatic rings. The molecule has 0 bridgehead atoms. The van der Waals surface area contributed by atoms with Crippen molar-refractivity contribution in [3.05, 3.63) is 70.7 Å². The van der Waals surface area contributed by atoms with Gasteiger partial charge in [-0.05, 0) is 30.3 Å². The Labute approximate surface area is 146 Å². The predicted molar refractivity (Wildman–Crippen MR) is 94.6 cm³/mol. The van der Waals surface area contributed by atoms with Crippen molar-refractivity contribution in [2.24, 2.45) is 5.73 Å². The number of primary amides is 1. The Bertz CT molecular complexity index is 706. The number of benzene rings is 2. The Morgan fingerprint density at radius 1 is 1.08 bits per heavy atom. The number of hydrogen-bond donors (Lipinski definition) is 2. The van der Waals surface area contributed by atoms with Gasteiger partial charge in [0.05, 0.1) is 19.1 Å². The first kappa shape index (κ1) is 18.0. The summed E-state index contributed by atoms with van der Waals surface area (Å²) in [5.41, 5.74) is 6.98. The fourth-order valence-corrected chi connectivity index (χ4v) is 2.66. The molecule has 6 heteroatoms. The lowest BCUT2D eigenvalue weighted by atomic mass is 9.98. The summed E-state index contributed by atoms with van der Waals surface area (Å²) in [7, 11) is 1.67. The van der Waals surface area contributed by atoms with Crippen LogP contribution in [0, 0.1) is 0 Å². The first-order valence-corrected chi connectivity index (χ1v) is 7.90. The molecule has 0 aromatic heterocycles. The molecule has 2 aromatic carbocycles. The maximum Gasteiger partial charge on any atom is 0.234 e. The molecule has 0 unspecified atom stereocenters. The number of amides is 2. The minimum Gasteiger partial charge on any atom is -0.369 e. The molecule has 0 fully saturated rings. The highest BCUT2D eigenvalue weighted by Gasteiger charge is 2.18. The maximum atomic E-state index is 12.3. The molecule has 0 aliphatic rings. The van der Waals surface area contributed by atoms with Gasteiger partial charge in [0.2, 0.25) is 11.8 Å². The largest absolute Gasteiger partial charge is 0.369 e. The Morgan fingerprint density at radius 3 is 2.38 bits per heavy atom. The summed E-state index contributed by atoms with van der Waals surface area (Å²) in [6.07, 6.45) is 0. The van der Waals surface area contributed by atoms with E-state index in [1.165, 1.54) is 0 Å². The Kier molecular flexibility index (Phi) is 6.35. The van der Waals surface area contributed by atoms with Crippen molar-refractivity contribution in [2.45, 2.75) is 6.04 Å². The third-order valence-corrected chi connectivity index (χ3v) is 3.69. The predicted octanol–water partition coefficient (Wildman–Crippen LogP) is 1.96. The van der Waals surface area contributed by atoms with E-state index >= 15 is 0 Å². The molecular weight excluding hydrogens is 326 g/mol. The first-order valence-electron chi connectivity index (χ1n) is 7.52. The zero-order valence-electron chi connectivity index (χ0n) is 13.4. The van der Waals surface area contributed by atoms with E-state index < -0.39 is 5.91 Å². The van der Waals surface area contributed by atoms with Gasteiger partial charge < -0.3 is 11.1 Å². The van der Waals surface area contributed by atoms with Crippen molar-refractivity contribution in [3.8, 4) is 0 Å². The van der Waals surface area contributed by atoms with Gasteiger partial charge in [-0.15, -0.1) is 0 Å². The summed E-state index contributed by atoms with van der Waals surface area (Å²) in [6.45, 7) is 0.105. The van der Waals surface area contributed by atoms with E-state index in [1.807, 2.05) is 48.5 Å². The van der Waals surface area contributed by atoms with Crippen LogP contribution in [0.15, 0.2) is 54.6 Å². The van der Waals surface area contributed by atoms with Crippen molar-refractivity contribution in [1.82, 2.24) is 10.2 Å². The van der Waals surface area contributed by atoms with E-state index in [0.29, 0.717) is 5.02 Å². The fourth-order valence-electron chi connectivity index (χ4n) is 2.46. The summed E-state index contributed by atoms with van der Waals surface area (Å²) >= 11 is 6.08. The van der Waals surface area contributed by atoms with Crippen LogP contribution in [0.5, 0.6) is 0 Å². The molecule has 0 aliphatic carbocycles. The molecule has 0 aliphatic heterocycles. The molecule has 1 atom stereocenters. The lowest BCUT2D eigenvalue weighted by molar-refractivity contribution is -0.123. The lowest BCUT2D eigenvalue weighted by Gasteiger charge is -2.22. The van der Waals surface area contributed by atoms with Crippen LogP contribution in [0.25, 0.3) is 0 Å². The standard InChI is InChI=1S/C18H20ClN3O2/c1-22(11-16(20)23)12-17(24)21-18(13-6-3-2-4-7-13)14-8-5-9-15(19)10-14/h2-10,18H,11-12H2,1H3,(H2,20,23)(H,21,24)/t18-/m0/s1. The molecule has 5 nitrogen and oxygen atoms in total. The van der Waals surface area contributed by atoms with E-state index in [-0.39, 0.29) is 25.0 Å². The number of likely N-dealkylation sites (N-methyl/N-ethyl adjacent to an activating group) is 1. The molecule has 2 rings (SSSR count). The zero-order chi connectivity index (χ0) is 17.5. The van der Waals surface area contributed by atoms with E-state index in [1.54, 1.807) is 18.0 Å². The maximum absolute atomic E-state index is 12.3. The summed E-state index contributed by atoms with van der Waals surface area (Å²) in [6, 6.07) is 16.7. The lowest BCUT2D eigenvalue weighted by Crippen LogP contribution is -2.40. The van der Waals surface area contributed by atoms with Gasteiger partial charge in [0.15, 0.2) is 0 Å². The number of carbonyl (C=O) groups excluding carboxylic acids is 2. The van der Waals surface area contributed by atoms with E-state index in [0.717, 1.165) is 11.1 Å². The van der Waals surface area contributed by atoms with E-state index in [9.17, 15) is 9.59 Å². The Morgan fingerprint density at radius 2 is 1.75 bits per heavy atom. The van der Waals surface area contributed by atoms with Gasteiger partial charge in [0.1, 0.15) is 0 Å². The van der Waals surface area contributed by atoms with Crippen molar-refractivity contribution in [1.29, 1.82) is 0 Å². The minimum absolute atomic E-state index is 0.0284. The van der Waals surface area contributed by atoms with Crippen LogP contribution >= 0.6 is 11.6 Å². The number of nitrogens with two attached hydrogens (primary N) is 1. The number of nitrogens with one attached hydrogen (secondary N) is 1. The summed E-state index contributed by atoms with van der Waals surface area (Å²) < 4.78 is 0. The van der Waals surface area contributed by atoms with Crippen molar-refractivity contribution >= 4 is 23.4 Å². The molecule has 126 valence electrons. The number of halogens is 1. The van der Waals surface area contributed by atoms with Crippen LogP contribution < -0.4 is 11.1 Å². The Hall–Kier alpha value is -2.37. The second-order valence-electron chi connectivity index (χ2n) is 5.60. The molecule has 2 amide bonds. The van der Waals surface area contributed by atoms with Crippen LogP contribution in [-0.4, -0.2) is 36.9 Å². The van der Waals surface area contributed by atoms with Gasteiger partial charge in [-0.2, -0.15) is 0 Å². The van der Waals surface area contributed by atoms with Crippen LogP contribution in [0.2, 0.25) is 5.02 Å². The highest BCUT2D eigenvalue weighted by atomic mass is 35.5. The van der Waals surface area contributed by atoms with Crippen molar-refractivity contribution in [3.63, 3.8) is 0 Å². The third kappa shape index (κ3) is 5.37. The van der Waals surface area contributed by atoms with Crippen LogP contribution in [-0.2, 0) is 9.59 Å². The Balaban J connectivity index is 2.18. The molecule has 3 N–H and O–H groups in total. The summed E-state index contributed by atoms with van der Waals surface area (Å²) in [5, 5.41) is 3.59. The molecule has 0 radical (unpaired) electrons. The number of rotatable bonds is 7. The second-order valence-corrected chi connectivity index (χ2v) is 6.04. The smallest absolute Gasteiger partial charge is 0.234 e. The summed E-state index contributed by atoms with van der Waals surface area (Å²) in [4.78, 5) is 24.8. The number of nitrogens with zero attached hydrogens (tertiary/aromatic N) is 1. The van der Waals surface area contributed by atoms with Gasteiger partial charge in [-0.25, -0.2) is 0 Å². The number of carbonyl (C=O) groups is 2. The molecule has 0 spiro atoms. The van der Waals surface area contributed by atoms with Gasteiger partial charge in [-0.1, -0.05) is 54.1 Å². The molecular formula is C18H20ClN3O2. The van der Waals surface area contributed by atoms with E-state index in [4.69, 9.17) is 17.3 Å². The number of hydrogen-bond acceptors (Lipinski definition) is 3. The van der Waals surface area contributed by atoms with Crippen molar-refractivity contribution < 1.29 is 9.59 Å². The fraction of sp³-hybridized carbons (Fsp3) is 0.222. The van der Waals surface area contributed by atoms with Gasteiger partial charge in [-0.3, -0.25) is 14.5 Å². The normalized spacial score (nSPS) is 12.0. The zero-order valence-corrected chi connectivity index (χ0v) is 14.2. The average Bonchev–Trinajstić information content (AvgIpc) is 2.52. The first-order chi connectivity index (χ1) is 11.5. The van der Waals surface area contributed by atoms with Crippen LogP contribution in [0.4, 0.5) is 0 Å². The molecule has 0 saturated carbocycles. The van der Waals surface area contributed by atoms with Gasteiger partial charge in [0.25, 0.3) is 0 Å². The minimum atomic E-state index is -0.472. The summed E-state index contributed by atoms with van der Waals surface area (Å²) in [5.74, 6) is -0.674. The topological polar surface area (TPSA) is 75.4 Å². The van der Waals surface area contributed by atoms with Gasteiger partial charge in [0, 0.05) is 5.02 Å². The monoisotopic (exact) mass is 345 g/mol. The average molecular weight is 346 g/mol. The highest BCUT2D eigenvalue weighted by Crippen LogP contribution is 2.24. The molecule has 24 heavy (non-hydrogen) atoms. The quantitative estimate of drug-likeness (QED) is 0.805. The third-order valence-electron chi connectivity index (χ3n) is 3.46. The molecule has 0 heterocycles. The van der Waals surface area contributed by atoms with Gasteiger partial charge >= 0.3 is 0 Å². The SMILES string of the molecule is CN(CC(N)=O)CC(=O)N[C@@H](c1ccccc1)c1cccc(Cl)c1. The van der Waals surface area contributed by atoms with Crippen LogP contribution in [0.1, 0.15) is 17.2 Å². The highest BCUT2D eigenvalue weighted by molar-refractivity contribution is 6.30. The second kappa shape index (κ2) is 8.47. The van der Waals surface area contributed by atoms with E-state index in [2.05, 4.69) is 5.32 Å².